The lowest BCUT2D eigenvalue weighted by molar-refractivity contribution is -0.927. The van der Waals surface area contributed by atoms with Crippen molar-refractivity contribution in [2.75, 3.05) is 32.8 Å². The van der Waals surface area contributed by atoms with E-state index in [4.69, 9.17) is 4.74 Å². The highest BCUT2D eigenvalue weighted by Crippen LogP contribution is 2.10. The first-order chi connectivity index (χ1) is 7.74. The van der Waals surface area contributed by atoms with Crippen LogP contribution in [0.1, 0.15) is 47.0 Å². The minimum absolute atomic E-state index is 0.762. The fourth-order valence-electron chi connectivity index (χ4n) is 2.14. The molecule has 0 amide bonds. The number of quaternary nitrogens is 1. The SMILES string of the molecule is CC#COCC[N+](CC)(CCC)CCCC. The average molecular weight is 226 g/mol. The maximum atomic E-state index is 5.29. The Morgan fingerprint density at radius 1 is 1.00 bits per heavy atom. The fourth-order valence-corrected chi connectivity index (χ4v) is 2.14. The molecule has 0 saturated heterocycles. The zero-order valence-corrected chi connectivity index (χ0v) is 11.5. The van der Waals surface area contributed by atoms with Gasteiger partial charge in [-0.2, -0.15) is 0 Å². The normalized spacial score (nSPS) is 13.8. The predicted molar refractivity (Wildman–Crippen MR) is 70.0 cm³/mol. The number of likely N-dealkylation sites (N-methyl/N-ethyl adjacent to an activating group) is 1. The van der Waals surface area contributed by atoms with Gasteiger partial charge in [0.05, 0.1) is 19.6 Å². The molecule has 1 unspecified atom stereocenters. The van der Waals surface area contributed by atoms with Crippen LogP contribution in [0.4, 0.5) is 0 Å². The summed E-state index contributed by atoms with van der Waals surface area (Å²) in [4.78, 5) is 0. The number of rotatable bonds is 9. The molecule has 2 nitrogen and oxygen atoms in total. The van der Waals surface area contributed by atoms with E-state index in [0.717, 1.165) is 13.2 Å². The third kappa shape index (κ3) is 6.02. The van der Waals surface area contributed by atoms with E-state index in [0.29, 0.717) is 0 Å². The van der Waals surface area contributed by atoms with E-state index in [1.807, 2.05) is 6.92 Å². The summed E-state index contributed by atoms with van der Waals surface area (Å²) in [5, 5.41) is 0. The van der Waals surface area contributed by atoms with Crippen molar-refractivity contribution in [3.63, 3.8) is 0 Å². The van der Waals surface area contributed by atoms with Crippen molar-refractivity contribution in [3.05, 3.63) is 0 Å². The third-order valence-electron chi connectivity index (χ3n) is 3.20. The van der Waals surface area contributed by atoms with Crippen molar-refractivity contribution in [1.82, 2.24) is 0 Å². The lowest BCUT2D eigenvalue weighted by Gasteiger charge is -2.37. The number of hydrogen-bond acceptors (Lipinski definition) is 1. The number of ether oxygens (including phenoxy) is 1. The van der Waals surface area contributed by atoms with Gasteiger partial charge in [-0.05, 0) is 19.8 Å². The molecule has 0 aliphatic heterocycles. The summed E-state index contributed by atoms with van der Waals surface area (Å²) in [5.74, 6) is 2.77. The molecular weight excluding hydrogens is 198 g/mol. The Kier molecular flexibility index (Phi) is 9.13. The smallest absolute Gasteiger partial charge is 0.149 e. The van der Waals surface area contributed by atoms with Crippen LogP contribution in [0.25, 0.3) is 0 Å². The monoisotopic (exact) mass is 226 g/mol. The molecule has 0 rings (SSSR count). The summed E-state index contributed by atoms with van der Waals surface area (Å²) in [6, 6.07) is 0. The van der Waals surface area contributed by atoms with E-state index in [9.17, 15) is 0 Å². The predicted octanol–water partition coefficient (Wildman–Crippen LogP) is 3.03. The van der Waals surface area contributed by atoms with Crippen molar-refractivity contribution >= 4 is 0 Å². The Labute approximate surface area is 102 Å². The second-order valence-electron chi connectivity index (χ2n) is 4.38. The van der Waals surface area contributed by atoms with Gasteiger partial charge in [-0.15, -0.1) is 0 Å². The van der Waals surface area contributed by atoms with Gasteiger partial charge in [-0.25, -0.2) is 0 Å². The van der Waals surface area contributed by atoms with Crippen LogP contribution in [0, 0.1) is 12.0 Å². The highest BCUT2D eigenvalue weighted by molar-refractivity contribution is 4.84. The lowest BCUT2D eigenvalue weighted by atomic mass is 10.2. The molecule has 0 bridgehead atoms. The van der Waals surface area contributed by atoms with Crippen molar-refractivity contribution in [2.24, 2.45) is 0 Å². The molecule has 16 heavy (non-hydrogen) atoms. The van der Waals surface area contributed by atoms with Gasteiger partial charge in [0.2, 0.25) is 0 Å². The first kappa shape index (κ1) is 15.3. The van der Waals surface area contributed by atoms with Gasteiger partial charge in [-0.1, -0.05) is 26.2 Å². The molecule has 0 aromatic rings. The average Bonchev–Trinajstić information content (AvgIpc) is 2.31. The summed E-state index contributed by atoms with van der Waals surface area (Å²) in [7, 11) is 0. The molecule has 0 heterocycles. The van der Waals surface area contributed by atoms with Crippen molar-refractivity contribution in [1.29, 1.82) is 0 Å². The van der Waals surface area contributed by atoms with E-state index in [2.05, 4.69) is 32.8 Å². The molecule has 0 aliphatic carbocycles. The zero-order chi connectivity index (χ0) is 12.3. The maximum absolute atomic E-state index is 5.29. The van der Waals surface area contributed by atoms with Crippen LogP contribution >= 0.6 is 0 Å². The Morgan fingerprint density at radius 3 is 2.25 bits per heavy atom. The minimum atomic E-state index is 0.762. The Morgan fingerprint density at radius 2 is 1.75 bits per heavy atom. The van der Waals surface area contributed by atoms with E-state index in [1.54, 1.807) is 0 Å². The molecule has 0 spiro atoms. The van der Waals surface area contributed by atoms with Gasteiger partial charge in [0.15, 0.2) is 0 Å². The first-order valence-corrected chi connectivity index (χ1v) is 6.63. The summed E-state index contributed by atoms with van der Waals surface area (Å²) in [6.07, 6.45) is 6.52. The van der Waals surface area contributed by atoms with E-state index in [-0.39, 0.29) is 0 Å². The minimum Gasteiger partial charge on any atom is -0.441 e. The summed E-state index contributed by atoms with van der Waals surface area (Å²) in [5.41, 5.74) is 0. The van der Waals surface area contributed by atoms with Gasteiger partial charge in [0.1, 0.15) is 19.3 Å². The Hall–Kier alpha value is -0.680. The Balaban J connectivity index is 4.17. The van der Waals surface area contributed by atoms with Crippen molar-refractivity contribution in [2.45, 2.75) is 47.0 Å². The van der Waals surface area contributed by atoms with Gasteiger partial charge in [0, 0.05) is 6.92 Å². The molecule has 0 fully saturated rings. The van der Waals surface area contributed by atoms with E-state index in [1.165, 1.54) is 43.4 Å². The third-order valence-corrected chi connectivity index (χ3v) is 3.20. The highest BCUT2D eigenvalue weighted by Gasteiger charge is 2.23. The second kappa shape index (κ2) is 9.54. The van der Waals surface area contributed by atoms with Crippen LogP contribution in [0.3, 0.4) is 0 Å². The number of unbranched alkanes of at least 4 members (excludes halogenated alkanes) is 1. The number of nitrogens with zero attached hydrogens (tertiary/aromatic N) is 1. The van der Waals surface area contributed by atoms with Crippen LogP contribution in [-0.2, 0) is 4.74 Å². The lowest BCUT2D eigenvalue weighted by Crippen LogP contribution is -2.51. The van der Waals surface area contributed by atoms with Crippen LogP contribution in [0.2, 0.25) is 0 Å². The van der Waals surface area contributed by atoms with Crippen molar-refractivity contribution in [3.8, 4) is 12.0 Å². The summed E-state index contributed by atoms with van der Waals surface area (Å²) in [6.45, 7) is 14.2. The Bertz CT molecular complexity index is 217. The summed E-state index contributed by atoms with van der Waals surface area (Å²) >= 11 is 0. The van der Waals surface area contributed by atoms with Crippen LogP contribution in [0.5, 0.6) is 0 Å². The van der Waals surface area contributed by atoms with Gasteiger partial charge >= 0.3 is 0 Å². The topological polar surface area (TPSA) is 9.23 Å². The standard InChI is InChI=1S/C14H28NO/c1-5-9-11-15(8-4,10-6-2)12-14-16-13-7-3/h5-6,8-12,14H2,1-4H3/q+1. The molecule has 0 aromatic carbocycles. The van der Waals surface area contributed by atoms with Crippen molar-refractivity contribution < 1.29 is 9.22 Å². The van der Waals surface area contributed by atoms with Crippen LogP contribution in [0.15, 0.2) is 0 Å². The van der Waals surface area contributed by atoms with Gasteiger partial charge in [0.25, 0.3) is 0 Å². The van der Waals surface area contributed by atoms with Gasteiger partial charge < -0.3 is 9.22 Å². The molecule has 0 aromatic heterocycles. The molecule has 0 N–H and O–H groups in total. The molecule has 1 atom stereocenters. The quantitative estimate of drug-likeness (QED) is 0.333. The molecule has 2 heteroatoms. The molecule has 0 radical (unpaired) electrons. The molecule has 0 saturated carbocycles. The second-order valence-corrected chi connectivity index (χ2v) is 4.38. The van der Waals surface area contributed by atoms with Crippen LogP contribution in [-0.4, -0.2) is 37.3 Å². The largest absolute Gasteiger partial charge is 0.441 e. The summed E-state index contributed by atoms with van der Waals surface area (Å²) < 4.78 is 6.48. The fraction of sp³-hybridized carbons (Fsp3) is 0.857. The molecule has 0 aliphatic rings. The van der Waals surface area contributed by atoms with E-state index < -0.39 is 0 Å². The zero-order valence-electron chi connectivity index (χ0n) is 11.5. The highest BCUT2D eigenvalue weighted by atomic mass is 16.5. The van der Waals surface area contributed by atoms with Crippen LogP contribution < -0.4 is 0 Å². The van der Waals surface area contributed by atoms with Gasteiger partial charge in [-0.3, -0.25) is 0 Å². The molecule has 94 valence electrons. The number of hydrogen-bond donors (Lipinski definition) is 0. The van der Waals surface area contributed by atoms with E-state index >= 15 is 0 Å². The first-order valence-electron chi connectivity index (χ1n) is 6.63. The molecular formula is C14H28NO+. The maximum Gasteiger partial charge on any atom is 0.149 e.